The van der Waals surface area contributed by atoms with Crippen molar-refractivity contribution in [2.75, 3.05) is 0 Å². The molecule has 0 bridgehead atoms. The van der Waals surface area contributed by atoms with E-state index in [1.54, 1.807) is 0 Å². The molecule has 98 valence electrons. The average molecular weight is 429 g/mol. The minimum absolute atomic E-state index is 1.25. The fourth-order valence-corrected chi connectivity index (χ4v) is 5.44. The summed E-state index contributed by atoms with van der Waals surface area (Å²) in [7, 11) is 0. The number of aryl methyl sites for hydroxylation is 1. The molecule has 0 radical (unpaired) electrons. The van der Waals surface area contributed by atoms with Gasteiger partial charge in [0.15, 0.2) is 0 Å². The van der Waals surface area contributed by atoms with Crippen molar-refractivity contribution in [1.82, 2.24) is 0 Å². The molecule has 0 nitrogen and oxygen atoms in total. The van der Waals surface area contributed by atoms with Crippen molar-refractivity contribution in [2.24, 2.45) is 0 Å². The molecule has 0 saturated carbocycles. The van der Waals surface area contributed by atoms with Crippen molar-refractivity contribution in [3.8, 4) is 0 Å². The van der Waals surface area contributed by atoms with Crippen LogP contribution >= 0.6 is 49.9 Å². The third-order valence-corrected chi connectivity index (χ3v) is 5.75. The molecule has 0 aliphatic rings. The Kier molecular flexibility index (Phi) is 9.19. The van der Waals surface area contributed by atoms with Gasteiger partial charge in [0.25, 0.3) is 0 Å². The van der Waals surface area contributed by atoms with E-state index in [0.717, 1.165) is 0 Å². The number of halogens is 2. The van der Waals surface area contributed by atoms with Crippen LogP contribution in [0, 0.1) is 2.88 Å². The van der Waals surface area contributed by atoms with E-state index in [4.69, 9.17) is 0 Å². The highest BCUT2D eigenvalue weighted by Gasteiger charge is 2.04. The van der Waals surface area contributed by atoms with Crippen molar-refractivity contribution in [1.29, 1.82) is 0 Å². The summed E-state index contributed by atoms with van der Waals surface area (Å²) in [6, 6.07) is 2.32. The second-order valence-electron chi connectivity index (χ2n) is 4.57. The maximum absolute atomic E-state index is 3.64. The highest BCUT2D eigenvalue weighted by atomic mass is 127. The van der Waals surface area contributed by atoms with E-state index in [1.165, 1.54) is 70.0 Å². The van der Waals surface area contributed by atoms with Gasteiger partial charge in [0.1, 0.15) is 0 Å². The summed E-state index contributed by atoms with van der Waals surface area (Å²) in [4.78, 5) is 0. The topological polar surface area (TPSA) is 0 Å². The van der Waals surface area contributed by atoms with Gasteiger partial charge in [-0.15, -0.1) is 11.3 Å². The van der Waals surface area contributed by atoms with Crippen LogP contribution < -0.4 is 0 Å². The Hall–Kier alpha value is 0.910. The molecule has 17 heavy (non-hydrogen) atoms. The van der Waals surface area contributed by atoms with Crippen molar-refractivity contribution < 1.29 is 0 Å². The van der Waals surface area contributed by atoms with E-state index < -0.39 is 0 Å². The Morgan fingerprint density at radius 1 is 1.06 bits per heavy atom. The minimum Gasteiger partial charge on any atom is -0.122 e. The van der Waals surface area contributed by atoms with Crippen molar-refractivity contribution in [2.45, 2.75) is 64.7 Å². The molecule has 0 atom stereocenters. The molecule has 0 fully saturated rings. The molecule has 0 saturated heterocycles. The highest BCUT2D eigenvalue weighted by molar-refractivity contribution is 14.1. The smallest absolute Gasteiger partial charge is 0.0741 e. The number of thiophene rings is 1. The monoisotopic (exact) mass is 428 g/mol. The largest absolute Gasteiger partial charge is 0.122 e. The van der Waals surface area contributed by atoms with Crippen LogP contribution in [0.3, 0.4) is 0 Å². The van der Waals surface area contributed by atoms with Crippen LogP contribution in [0.25, 0.3) is 0 Å². The predicted molar refractivity (Wildman–Crippen MR) is 91.1 cm³/mol. The van der Waals surface area contributed by atoms with Gasteiger partial charge in [0.2, 0.25) is 0 Å². The van der Waals surface area contributed by atoms with E-state index in [9.17, 15) is 0 Å². The summed E-state index contributed by atoms with van der Waals surface area (Å²) in [5, 5.41) is 0. The number of unbranched alkanes of at least 4 members (excludes halogenated alkanes) is 7. The van der Waals surface area contributed by atoms with Gasteiger partial charge in [-0.3, -0.25) is 0 Å². The third-order valence-electron chi connectivity index (χ3n) is 3.03. The molecule has 1 aromatic rings. The molecule has 0 N–H and O–H groups in total. The maximum atomic E-state index is 3.64. The van der Waals surface area contributed by atoms with Crippen LogP contribution in [-0.2, 0) is 6.42 Å². The Bertz CT molecular complexity index is 309. The molecular formula is C14H22BrIS. The molecule has 0 aliphatic carbocycles. The molecule has 1 rings (SSSR count). The third kappa shape index (κ3) is 7.16. The molecular weight excluding hydrogens is 407 g/mol. The molecule has 0 amide bonds. The van der Waals surface area contributed by atoms with Gasteiger partial charge < -0.3 is 0 Å². The summed E-state index contributed by atoms with van der Waals surface area (Å²) in [5.41, 5.74) is 1.50. The Morgan fingerprint density at radius 3 is 2.18 bits per heavy atom. The standard InChI is InChI=1S/C14H22BrIS/c1-2-3-4-5-6-7-8-9-10-12-11-13(16)17-14(12)15/h11H,2-10H2,1H3. The van der Waals surface area contributed by atoms with Crippen LogP contribution in [0.15, 0.2) is 9.85 Å². The van der Waals surface area contributed by atoms with E-state index >= 15 is 0 Å². The quantitative estimate of drug-likeness (QED) is 0.299. The summed E-state index contributed by atoms with van der Waals surface area (Å²) in [6.07, 6.45) is 12.5. The lowest BCUT2D eigenvalue weighted by atomic mass is 10.1. The second kappa shape index (κ2) is 9.79. The highest BCUT2D eigenvalue weighted by Crippen LogP contribution is 2.30. The zero-order chi connectivity index (χ0) is 12.5. The Labute approximate surface area is 132 Å². The van der Waals surface area contributed by atoms with Gasteiger partial charge in [-0.25, -0.2) is 0 Å². The normalized spacial score (nSPS) is 11.0. The summed E-state index contributed by atoms with van der Waals surface area (Å²) in [5.74, 6) is 0. The first kappa shape index (κ1) is 16.0. The first-order valence-corrected chi connectivity index (χ1v) is 9.36. The van der Waals surface area contributed by atoms with Crippen LogP contribution in [0.4, 0.5) is 0 Å². The van der Waals surface area contributed by atoms with E-state index in [-0.39, 0.29) is 0 Å². The predicted octanol–water partition coefficient (Wildman–Crippen LogP) is 6.80. The van der Waals surface area contributed by atoms with Gasteiger partial charge in [-0.1, -0.05) is 51.9 Å². The van der Waals surface area contributed by atoms with Gasteiger partial charge in [0.05, 0.1) is 6.67 Å². The number of hydrogen-bond donors (Lipinski definition) is 0. The SMILES string of the molecule is CCCCCCCCCCc1cc(I)sc1Br. The molecule has 0 aliphatic heterocycles. The number of rotatable bonds is 9. The van der Waals surface area contributed by atoms with Gasteiger partial charge >= 0.3 is 0 Å². The van der Waals surface area contributed by atoms with Crippen molar-refractivity contribution >= 4 is 49.9 Å². The first-order chi connectivity index (χ1) is 8.24. The molecule has 1 aromatic heterocycles. The van der Waals surface area contributed by atoms with Crippen molar-refractivity contribution in [3.05, 3.63) is 18.3 Å². The summed E-state index contributed by atoms with van der Waals surface area (Å²) in [6.45, 7) is 2.28. The summed E-state index contributed by atoms with van der Waals surface area (Å²) >= 11 is 7.89. The first-order valence-electron chi connectivity index (χ1n) is 6.67. The zero-order valence-electron chi connectivity index (χ0n) is 10.6. The van der Waals surface area contributed by atoms with E-state index in [2.05, 4.69) is 51.5 Å². The second-order valence-corrected chi connectivity index (χ2v) is 8.84. The zero-order valence-corrected chi connectivity index (χ0v) is 15.2. The Morgan fingerprint density at radius 2 is 1.65 bits per heavy atom. The number of hydrogen-bond acceptors (Lipinski definition) is 1. The Balaban J connectivity index is 1.99. The van der Waals surface area contributed by atoms with Crippen LogP contribution in [0.5, 0.6) is 0 Å². The van der Waals surface area contributed by atoms with Gasteiger partial charge in [-0.2, -0.15) is 0 Å². The lowest BCUT2D eigenvalue weighted by Gasteiger charge is -2.01. The average Bonchev–Trinajstić information content (AvgIpc) is 2.61. The molecule has 0 aromatic carbocycles. The van der Waals surface area contributed by atoms with E-state index in [1.807, 2.05) is 11.3 Å². The maximum Gasteiger partial charge on any atom is 0.0741 e. The lowest BCUT2D eigenvalue weighted by Crippen LogP contribution is -1.85. The minimum atomic E-state index is 1.25. The van der Waals surface area contributed by atoms with E-state index in [0.29, 0.717) is 0 Å². The molecule has 0 spiro atoms. The van der Waals surface area contributed by atoms with Gasteiger partial charge in [0, 0.05) is 0 Å². The summed E-state index contributed by atoms with van der Waals surface area (Å²) < 4.78 is 2.73. The fourth-order valence-electron chi connectivity index (χ4n) is 1.99. The molecule has 3 heteroatoms. The van der Waals surface area contributed by atoms with Gasteiger partial charge in [-0.05, 0) is 63.0 Å². The van der Waals surface area contributed by atoms with Crippen molar-refractivity contribution in [3.63, 3.8) is 0 Å². The lowest BCUT2D eigenvalue weighted by molar-refractivity contribution is 0.575. The van der Waals surface area contributed by atoms with Crippen LogP contribution in [0.2, 0.25) is 0 Å². The van der Waals surface area contributed by atoms with Crippen LogP contribution in [0.1, 0.15) is 63.9 Å². The molecule has 0 unspecified atom stereocenters. The fraction of sp³-hybridized carbons (Fsp3) is 0.714. The van der Waals surface area contributed by atoms with Crippen LogP contribution in [-0.4, -0.2) is 0 Å². The molecule has 1 heterocycles.